The average molecular weight is 337 g/mol. The molecule has 2 aromatic rings. The lowest BCUT2D eigenvalue weighted by Crippen LogP contribution is -2.37. The van der Waals surface area contributed by atoms with Crippen LogP contribution in [0.1, 0.15) is 27.6 Å². The standard InChI is InChI=1S/C15H13NO3.BrH/c1-11(17)12-5-4-8-16(9-12)10-15(19)13-6-2-3-7-14(13)18;/h2-9H,10H2,1H3;1H/p+1. The Morgan fingerprint density at radius 1 is 1.15 bits per heavy atom. The van der Waals surface area contributed by atoms with Crippen LogP contribution < -0.4 is 4.57 Å². The summed E-state index contributed by atoms with van der Waals surface area (Å²) in [5.41, 5.74) is 0.829. The van der Waals surface area contributed by atoms with Crippen LogP contribution in [-0.2, 0) is 6.54 Å². The van der Waals surface area contributed by atoms with Crippen molar-refractivity contribution in [3.05, 3.63) is 59.9 Å². The Kier molecular flexibility index (Phi) is 5.58. The van der Waals surface area contributed by atoms with Gasteiger partial charge >= 0.3 is 0 Å². The molecule has 0 saturated carbocycles. The first kappa shape index (κ1) is 16.0. The van der Waals surface area contributed by atoms with E-state index in [9.17, 15) is 14.7 Å². The van der Waals surface area contributed by atoms with Gasteiger partial charge in [-0.1, -0.05) is 12.1 Å². The number of aromatic nitrogens is 1. The van der Waals surface area contributed by atoms with Crippen LogP contribution in [0.25, 0.3) is 0 Å². The fourth-order valence-electron chi connectivity index (χ4n) is 1.79. The van der Waals surface area contributed by atoms with Crippen molar-refractivity contribution in [1.29, 1.82) is 0 Å². The topological polar surface area (TPSA) is 58.2 Å². The van der Waals surface area contributed by atoms with Crippen LogP contribution in [0.3, 0.4) is 0 Å². The van der Waals surface area contributed by atoms with Gasteiger partial charge in [0.25, 0.3) is 0 Å². The van der Waals surface area contributed by atoms with Crippen molar-refractivity contribution in [2.45, 2.75) is 13.5 Å². The van der Waals surface area contributed by atoms with Crippen LogP contribution in [-0.4, -0.2) is 16.7 Å². The molecule has 0 saturated heterocycles. The number of aromatic hydroxyl groups is 1. The second-order valence-corrected chi connectivity index (χ2v) is 4.26. The highest BCUT2D eigenvalue weighted by Crippen LogP contribution is 2.15. The quantitative estimate of drug-likeness (QED) is 0.688. The van der Waals surface area contributed by atoms with Gasteiger partial charge in [-0.05, 0) is 25.1 Å². The van der Waals surface area contributed by atoms with Gasteiger partial charge in [0, 0.05) is 6.07 Å². The first-order chi connectivity index (χ1) is 9.08. The summed E-state index contributed by atoms with van der Waals surface area (Å²) in [7, 11) is 0. The predicted octanol–water partition coefficient (Wildman–Crippen LogP) is 2.34. The summed E-state index contributed by atoms with van der Waals surface area (Å²) >= 11 is 0. The largest absolute Gasteiger partial charge is 0.507 e. The number of rotatable bonds is 4. The molecule has 4 nitrogen and oxygen atoms in total. The summed E-state index contributed by atoms with van der Waals surface area (Å²) < 4.78 is 1.63. The molecule has 0 fully saturated rings. The third kappa shape index (κ3) is 3.74. The molecule has 0 atom stereocenters. The number of phenolic OH excluding ortho intramolecular Hbond substituents is 1. The zero-order valence-electron chi connectivity index (χ0n) is 10.9. The zero-order valence-corrected chi connectivity index (χ0v) is 12.7. The van der Waals surface area contributed by atoms with E-state index in [0.717, 1.165) is 0 Å². The van der Waals surface area contributed by atoms with Gasteiger partial charge < -0.3 is 5.11 Å². The van der Waals surface area contributed by atoms with Gasteiger partial charge in [-0.25, -0.2) is 0 Å². The number of phenols is 1. The van der Waals surface area contributed by atoms with Crippen molar-refractivity contribution in [3.8, 4) is 5.75 Å². The number of nitrogens with zero attached hydrogens (tertiary/aromatic N) is 1. The first-order valence-electron chi connectivity index (χ1n) is 5.89. The van der Waals surface area contributed by atoms with Crippen molar-refractivity contribution in [2.75, 3.05) is 0 Å². The van der Waals surface area contributed by atoms with E-state index in [1.807, 2.05) is 0 Å². The minimum atomic E-state index is -0.205. The Bertz CT molecular complexity index is 641. The van der Waals surface area contributed by atoms with Crippen molar-refractivity contribution in [3.63, 3.8) is 0 Å². The van der Waals surface area contributed by atoms with Crippen molar-refractivity contribution >= 4 is 28.5 Å². The number of halogens is 1. The maximum atomic E-state index is 12.1. The molecule has 5 heteroatoms. The summed E-state index contributed by atoms with van der Waals surface area (Å²) in [5.74, 6) is -0.288. The summed E-state index contributed by atoms with van der Waals surface area (Å²) in [6.07, 6.45) is 3.34. The van der Waals surface area contributed by atoms with Crippen LogP contribution >= 0.6 is 17.0 Å². The minimum absolute atomic E-state index is 0. The first-order valence-corrected chi connectivity index (χ1v) is 5.89. The predicted molar refractivity (Wildman–Crippen MR) is 79.4 cm³/mol. The Balaban J connectivity index is 0.00000200. The van der Waals surface area contributed by atoms with Gasteiger partial charge in [-0.15, -0.1) is 17.0 Å². The third-order valence-corrected chi connectivity index (χ3v) is 2.80. The molecule has 20 heavy (non-hydrogen) atoms. The number of Topliss-reactive ketones (excluding diaryl/α,β-unsaturated/α-hetero) is 2. The minimum Gasteiger partial charge on any atom is -0.507 e. The molecule has 0 aliphatic heterocycles. The van der Waals surface area contributed by atoms with Crippen LogP contribution in [0.4, 0.5) is 0 Å². The lowest BCUT2D eigenvalue weighted by Gasteiger charge is -2.01. The highest BCUT2D eigenvalue weighted by atomic mass is 79.9. The van der Waals surface area contributed by atoms with E-state index in [4.69, 9.17) is 0 Å². The monoisotopic (exact) mass is 336 g/mol. The molecule has 0 amide bonds. The molecule has 0 aliphatic carbocycles. The van der Waals surface area contributed by atoms with E-state index in [1.54, 1.807) is 47.3 Å². The average Bonchev–Trinajstić information content (AvgIpc) is 2.39. The van der Waals surface area contributed by atoms with Gasteiger partial charge in [0.05, 0.1) is 11.1 Å². The van der Waals surface area contributed by atoms with E-state index < -0.39 is 0 Å². The maximum Gasteiger partial charge on any atom is 0.231 e. The summed E-state index contributed by atoms with van der Waals surface area (Å²) in [5, 5.41) is 9.62. The normalized spacial score (nSPS) is 9.65. The molecule has 104 valence electrons. The third-order valence-electron chi connectivity index (χ3n) is 2.80. The van der Waals surface area contributed by atoms with E-state index in [-0.39, 0.29) is 46.4 Å². The van der Waals surface area contributed by atoms with Gasteiger partial charge in [0.15, 0.2) is 18.2 Å². The molecular weight excluding hydrogens is 322 g/mol. The second kappa shape index (κ2) is 6.96. The molecular formula is C15H15BrNO3+. The highest BCUT2D eigenvalue weighted by Gasteiger charge is 2.16. The Morgan fingerprint density at radius 2 is 1.85 bits per heavy atom. The Hall–Kier alpha value is -2.01. The molecule has 0 bridgehead atoms. The lowest BCUT2D eigenvalue weighted by atomic mass is 10.1. The fourth-order valence-corrected chi connectivity index (χ4v) is 1.79. The number of hydrogen-bond acceptors (Lipinski definition) is 3. The van der Waals surface area contributed by atoms with Gasteiger partial charge in [-0.2, -0.15) is 4.57 Å². The number of carbonyl (C=O) groups excluding carboxylic acids is 2. The van der Waals surface area contributed by atoms with Gasteiger partial charge in [-0.3, -0.25) is 9.59 Å². The molecule has 1 aromatic heterocycles. The maximum absolute atomic E-state index is 12.1. The van der Waals surface area contributed by atoms with Gasteiger partial charge in [0.2, 0.25) is 12.3 Å². The van der Waals surface area contributed by atoms with Crippen molar-refractivity contribution < 1.29 is 19.3 Å². The van der Waals surface area contributed by atoms with E-state index in [1.165, 1.54) is 13.0 Å². The number of carbonyl (C=O) groups is 2. The van der Waals surface area contributed by atoms with Crippen LogP contribution in [0, 0.1) is 0 Å². The molecule has 1 aromatic carbocycles. The molecule has 1 N–H and O–H groups in total. The number of hydrogen-bond donors (Lipinski definition) is 1. The van der Waals surface area contributed by atoms with Gasteiger partial charge in [0.1, 0.15) is 5.75 Å². The molecule has 1 heterocycles. The number of para-hydroxylation sites is 1. The number of pyridine rings is 1. The molecule has 0 radical (unpaired) electrons. The SMILES string of the molecule is Br.CC(=O)c1ccc[n+](CC(=O)c2ccccc2O)c1. The number of ketones is 2. The van der Waals surface area contributed by atoms with Crippen molar-refractivity contribution in [1.82, 2.24) is 0 Å². The summed E-state index contributed by atoms with van der Waals surface area (Å²) in [4.78, 5) is 23.3. The van der Waals surface area contributed by atoms with Crippen molar-refractivity contribution in [2.24, 2.45) is 0 Å². The van der Waals surface area contributed by atoms with Crippen LogP contribution in [0.2, 0.25) is 0 Å². The summed E-state index contributed by atoms with van der Waals surface area (Å²) in [6.45, 7) is 1.56. The second-order valence-electron chi connectivity index (χ2n) is 4.26. The fraction of sp³-hybridized carbons (Fsp3) is 0.133. The Morgan fingerprint density at radius 3 is 2.50 bits per heavy atom. The summed E-state index contributed by atoms with van der Waals surface area (Å²) in [6, 6.07) is 9.83. The molecule has 2 rings (SSSR count). The van der Waals surface area contributed by atoms with E-state index in [0.29, 0.717) is 5.56 Å². The lowest BCUT2D eigenvalue weighted by molar-refractivity contribution is -0.683. The number of benzene rings is 1. The van der Waals surface area contributed by atoms with E-state index in [2.05, 4.69) is 0 Å². The highest BCUT2D eigenvalue weighted by molar-refractivity contribution is 8.93. The van der Waals surface area contributed by atoms with Crippen LogP contribution in [0.5, 0.6) is 5.75 Å². The molecule has 0 spiro atoms. The van der Waals surface area contributed by atoms with E-state index >= 15 is 0 Å². The van der Waals surface area contributed by atoms with Crippen LogP contribution in [0.15, 0.2) is 48.8 Å². The zero-order chi connectivity index (χ0) is 13.8. The smallest absolute Gasteiger partial charge is 0.231 e. The molecule has 0 unspecified atom stereocenters. The Labute approximate surface area is 127 Å². The molecule has 0 aliphatic rings.